The van der Waals surface area contributed by atoms with Gasteiger partial charge in [0.25, 0.3) is 11.1 Å². The second-order valence-electron chi connectivity index (χ2n) is 17.4. The Kier molecular flexibility index (Phi) is 16.3. The van der Waals surface area contributed by atoms with Crippen LogP contribution in [0.4, 0.5) is 0 Å². The van der Waals surface area contributed by atoms with Gasteiger partial charge in [-0.1, -0.05) is 58.0 Å². The van der Waals surface area contributed by atoms with Gasteiger partial charge in [-0.15, -0.1) is 0 Å². The Balaban J connectivity index is 0.000000168. The number of rotatable bonds is 10. The maximum Gasteiger partial charge on any atom is 0.498 e. The van der Waals surface area contributed by atoms with Crippen molar-refractivity contribution in [3.8, 4) is 56.5 Å². The van der Waals surface area contributed by atoms with E-state index in [0.29, 0.717) is 69.0 Å². The van der Waals surface area contributed by atoms with Crippen molar-refractivity contribution in [2.45, 2.75) is 79.7 Å². The van der Waals surface area contributed by atoms with Crippen LogP contribution < -0.4 is 35.5 Å². The highest BCUT2D eigenvalue weighted by Crippen LogP contribution is 2.47. The molecular formula is C50H52BCl5N8O8. The average molecular weight is 1080 g/mol. The fraction of sp³-hybridized carbons (Fsp3) is 0.320. The van der Waals surface area contributed by atoms with E-state index in [0.717, 1.165) is 44.4 Å². The van der Waals surface area contributed by atoms with E-state index in [1.165, 1.54) is 28.4 Å². The number of benzene rings is 2. The van der Waals surface area contributed by atoms with E-state index in [4.69, 9.17) is 86.3 Å². The maximum atomic E-state index is 13.5. The first-order valence-electron chi connectivity index (χ1n) is 22.5. The van der Waals surface area contributed by atoms with Crippen LogP contribution in [0.1, 0.15) is 52.9 Å². The van der Waals surface area contributed by atoms with Gasteiger partial charge in [0.05, 0.1) is 93.8 Å². The molecule has 0 aliphatic carbocycles. The van der Waals surface area contributed by atoms with Gasteiger partial charge in [-0.2, -0.15) is 10.2 Å². The van der Waals surface area contributed by atoms with Gasteiger partial charge in [0, 0.05) is 88.1 Å². The first-order valence-corrected chi connectivity index (χ1v) is 24.3. The summed E-state index contributed by atoms with van der Waals surface area (Å²) in [7, 11) is 5.64. The highest BCUT2D eigenvalue weighted by atomic mass is 35.5. The lowest BCUT2D eigenvalue weighted by Gasteiger charge is -2.32. The number of nitrogens with zero attached hydrogens (tertiary/aromatic N) is 6. The Morgan fingerprint density at radius 2 is 0.986 bits per heavy atom. The summed E-state index contributed by atoms with van der Waals surface area (Å²) in [5, 5.41) is 16.6. The van der Waals surface area contributed by atoms with Crippen LogP contribution in [0.15, 0.2) is 70.8 Å². The number of methoxy groups -OCH3 is 4. The summed E-state index contributed by atoms with van der Waals surface area (Å²) >= 11 is 32.1. The first-order chi connectivity index (χ1) is 34.2. The summed E-state index contributed by atoms with van der Waals surface area (Å²) in [5.41, 5.74) is 6.25. The number of halogens is 5. The minimum absolute atomic E-state index is 0.227. The molecule has 1 fully saturated rings. The Labute approximate surface area is 440 Å². The molecule has 0 atom stereocenters. The molecule has 0 radical (unpaired) electrons. The summed E-state index contributed by atoms with van der Waals surface area (Å²) in [6.07, 6.45) is 6.81. The minimum atomic E-state index is -0.311. The van der Waals surface area contributed by atoms with E-state index in [-0.39, 0.29) is 49.5 Å². The molecule has 2 N–H and O–H groups in total. The third-order valence-electron chi connectivity index (χ3n) is 12.7. The molecule has 8 aromatic rings. The molecule has 0 unspecified atom stereocenters. The topological polar surface area (TPSA) is 183 Å². The lowest BCUT2D eigenvalue weighted by atomic mass is 9.79. The number of aryl methyl sites for hydroxylation is 4. The highest BCUT2D eigenvalue weighted by Gasteiger charge is 2.52. The molecule has 2 aromatic carbocycles. The van der Waals surface area contributed by atoms with Gasteiger partial charge in [-0.25, -0.2) is 4.98 Å². The molecule has 0 bridgehead atoms. The molecule has 0 spiro atoms. The summed E-state index contributed by atoms with van der Waals surface area (Å²) in [6, 6.07) is 10.1. The molecule has 0 saturated carbocycles. The quantitative estimate of drug-likeness (QED) is 0.0978. The zero-order chi connectivity index (χ0) is 52.6. The van der Waals surface area contributed by atoms with Crippen LogP contribution in [0.2, 0.25) is 25.2 Å². The average Bonchev–Trinajstić information content (AvgIpc) is 4.04. The van der Waals surface area contributed by atoms with Crippen molar-refractivity contribution in [1.29, 1.82) is 0 Å². The lowest BCUT2D eigenvalue weighted by molar-refractivity contribution is 0.00578. The molecule has 6 aromatic heterocycles. The van der Waals surface area contributed by atoms with E-state index in [9.17, 15) is 9.59 Å². The van der Waals surface area contributed by atoms with Crippen molar-refractivity contribution in [3.63, 3.8) is 0 Å². The molecule has 16 nitrogen and oxygen atoms in total. The highest BCUT2D eigenvalue weighted by molar-refractivity contribution is 6.62. The fourth-order valence-electron chi connectivity index (χ4n) is 8.07. The lowest BCUT2D eigenvalue weighted by Crippen LogP contribution is -2.41. The number of ether oxygens (including phenoxy) is 4. The zero-order valence-corrected chi connectivity index (χ0v) is 45.4. The van der Waals surface area contributed by atoms with Crippen LogP contribution >= 0.6 is 58.0 Å². The number of aromatic amines is 2. The third-order valence-corrected chi connectivity index (χ3v) is 14.4. The Bertz CT molecular complexity index is 3390. The van der Waals surface area contributed by atoms with E-state index in [1.54, 1.807) is 64.3 Å². The standard InChI is InChI=1S/C22H20Cl2N4O3.C18H15Cl3N2O3.C10H17BN2O2/c1-5-28-16-7-15(14-10-26-27-11(14)2)25-9-12(16)6-13(22(28)29)19-20(23)17(30-3)8-18(31-4)21(19)24;1-4-23-11-6-14(19)22-8-9(11)5-10(18(23)24)15-16(20)12(25-2)7-13(26-3)17(15)21;1-7-8(6-12-13-7)11-14-9(2,3)10(4,5)15-11/h6-10H,5H2,1-4H3,(H,26,27);5-8H,4H2,1-3H3;6H,1-5H3,(H,12,13). The monoisotopic (exact) mass is 1080 g/mol. The van der Waals surface area contributed by atoms with Crippen molar-refractivity contribution in [2.24, 2.45) is 0 Å². The molecule has 7 heterocycles. The molecule has 1 aliphatic heterocycles. The summed E-state index contributed by atoms with van der Waals surface area (Å²) in [4.78, 5) is 35.3. The Morgan fingerprint density at radius 1 is 0.569 bits per heavy atom. The molecule has 378 valence electrons. The normalized spacial score (nSPS) is 13.7. The van der Waals surface area contributed by atoms with Gasteiger partial charge in [0.1, 0.15) is 28.2 Å². The Hall–Kier alpha value is -5.79. The number of H-pyrrole nitrogens is 2. The van der Waals surface area contributed by atoms with Gasteiger partial charge < -0.3 is 37.4 Å². The smallest absolute Gasteiger partial charge is 0.495 e. The first kappa shape index (κ1) is 54.0. The van der Waals surface area contributed by atoms with Crippen molar-refractivity contribution >= 4 is 92.4 Å². The van der Waals surface area contributed by atoms with E-state index >= 15 is 0 Å². The molecule has 72 heavy (non-hydrogen) atoms. The van der Waals surface area contributed by atoms with Gasteiger partial charge in [0.2, 0.25) is 0 Å². The van der Waals surface area contributed by atoms with E-state index < -0.39 is 0 Å². The van der Waals surface area contributed by atoms with Crippen LogP contribution in [0.3, 0.4) is 0 Å². The number of hydrogen-bond donors (Lipinski definition) is 2. The number of hydrogen-bond acceptors (Lipinski definition) is 12. The van der Waals surface area contributed by atoms with Crippen molar-refractivity contribution in [3.05, 3.63) is 119 Å². The van der Waals surface area contributed by atoms with Crippen LogP contribution in [0.5, 0.6) is 23.0 Å². The van der Waals surface area contributed by atoms with Crippen LogP contribution in [0.25, 0.3) is 55.3 Å². The van der Waals surface area contributed by atoms with Crippen LogP contribution in [0, 0.1) is 13.8 Å². The van der Waals surface area contributed by atoms with Crippen LogP contribution in [-0.4, -0.2) is 86.3 Å². The van der Waals surface area contributed by atoms with Crippen LogP contribution in [-0.2, 0) is 22.4 Å². The molecule has 1 saturated heterocycles. The summed E-state index contributed by atoms with van der Waals surface area (Å²) < 4.78 is 36.4. The minimum Gasteiger partial charge on any atom is -0.495 e. The summed E-state index contributed by atoms with van der Waals surface area (Å²) in [6.45, 7) is 16.7. The van der Waals surface area contributed by atoms with Gasteiger partial charge in [0.15, 0.2) is 0 Å². The zero-order valence-electron chi connectivity index (χ0n) is 41.6. The maximum absolute atomic E-state index is 13.5. The van der Waals surface area contributed by atoms with E-state index in [2.05, 4.69) is 30.4 Å². The van der Waals surface area contributed by atoms with Gasteiger partial charge in [-0.3, -0.25) is 24.8 Å². The fourth-order valence-corrected chi connectivity index (χ4v) is 9.64. The third kappa shape index (κ3) is 10.1. The number of fused-ring (bicyclic) bond motifs is 2. The number of nitrogens with one attached hydrogen (secondary N) is 2. The Morgan fingerprint density at radius 3 is 1.38 bits per heavy atom. The van der Waals surface area contributed by atoms with Gasteiger partial charge >= 0.3 is 7.12 Å². The van der Waals surface area contributed by atoms with Gasteiger partial charge in [-0.05, 0) is 79.7 Å². The number of pyridine rings is 4. The molecule has 9 rings (SSSR count). The van der Waals surface area contributed by atoms with Crippen molar-refractivity contribution < 1.29 is 28.3 Å². The van der Waals surface area contributed by atoms with Crippen molar-refractivity contribution in [2.75, 3.05) is 28.4 Å². The number of aromatic nitrogens is 8. The second kappa shape index (κ2) is 21.7. The summed E-state index contributed by atoms with van der Waals surface area (Å²) in [5.74, 6) is 1.45. The predicted octanol–water partition coefficient (Wildman–Crippen LogP) is 11.2. The molecule has 0 amide bonds. The second-order valence-corrected chi connectivity index (χ2v) is 19.3. The van der Waals surface area contributed by atoms with Crippen molar-refractivity contribution in [1.82, 2.24) is 39.5 Å². The molecule has 22 heteroatoms. The molecular weight excluding hydrogens is 1030 g/mol. The predicted molar refractivity (Wildman–Crippen MR) is 287 cm³/mol. The molecule has 1 aliphatic rings. The van der Waals surface area contributed by atoms with E-state index in [1.807, 2.05) is 61.5 Å². The SMILES string of the molecule is CCn1c(=O)c(-c2c(Cl)c(OC)cc(OC)c2Cl)cc2cnc(-c3cn[nH]c3C)cc21.CCn1c(=O)c(-c2c(Cl)c(OC)cc(OC)c2Cl)cc2cnc(Cl)cc21.Cc1[nH]ncc1B1OC(C)(C)C(C)(C)O1. The largest absolute Gasteiger partial charge is 0.498 e.